The Kier molecular flexibility index (Phi) is 4.67. The van der Waals surface area contributed by atoms with E-state index in [1.165, 1.54) is 22.3 Å². The van der Waals surface area contributed by atoms with Crippen molar-refractivity contribution < 1.29 is 4.74 Å². The molecule has 2 rings (SSSR count). The molecule has 0 saturated heterocycles. The minimum atomic E-state index is 0.666. The molecule has 1 N–H and O–H groups in total. The molecule has 0 radical (unpaired) electrons. The molecule has 2 aromatic carbocycles. The molecule has 106 valence electrons. The lowest BCUT2D eigenvalue weighted by molar-refractivity contribution is 0.328. The van der Waals surface area contributed by atoms with E-state index in [9.17, 15) is 0 Å². The van der Waals surface area contributed by atoms with Gasteiger partial charge in [0.05, 0.1) is 0 Å². The van der Waals surface area contributed by atoms with Crippen LogP contribution in [0.2, 0.25) is 0 Å². The standard InChI is InChI=1S/C18H23NO/c1-13-5-9-17(10-6-13)19-11-12-20-18-15(3)8-7-14(2)16(18)4/h5-10,19H,11-12H2,1-4H3. The smallest absolute Gasteiger partial charge is 0.125 e. The van der Waals surface area contributed by atoms with Crippen molar-refractivity contribution in [2.75, 3.05) is 18.5 Å². The van der Waals surface area contributed by atoms with Crippen molar-refractivity contribution in [3.8, 4) is 5.75 Å². The molecule has 0 amide bonds. The minimum Gasteiger partial charge on any atom is -0.491 e. The first-order chi connectivity index (χ1) is 9.58. The first kappa shape index (κ1) is 14.4. The lowest BCUT2D eigenvalue weighted by atomic mass is 10.1. The average Bonchev–Trinajstić information content (AvgIpc) is 2.44. The normalized spacial score (nSPS) is 10.4. The van der Waals surface area contributed by atoms with E-state index < -0.39 is 0 Å². The molecule has 0 bridgehead atoms. The van der Waals surface area contributed by atoms with E-state index in [-0.39, 0.29) is 0 Å². The summed E-state index contributed by atoms with van der Waals surface area (Å²) < 4.78 is 5.93. The number of rotatable bonds is 5. The van der Waals surface area contributed by atoms with Crippen LogP contribution in [0.4, 0.5) is 5.69 Å². The highest BCUT2D eigenvalue weighted by molar-refractivity contribution is 5.45. The minimum absolute atomic E-state index is 0.666. The van der Waals surface area contributed by atoms with Gasteiger partial charge in [-0.05, 0) is 56.5 Å². The number of aryl methyl sites for hydroxylation is 3. The fraction of sp³-hybridized carbons (Fsp3) is 0.333. The molecule has 2 heteroatoms. The van der Waals surface area contributed by atoms with Crippen LogP contribution in [0.15, 0.2) is 36.4 Å². The Morgan fingerprint density at radius 3 is 2.20 bits per heavy atom. The second kappa shape index (κ2) is 6.47. The molecule has 0 heterocycles. The highest BCUT2D eigenvalue weighted by Gasteiger charge is 2.05. The first-order valence-corrected chi connectivity index (χ1v) is 7.08. The summed E-state index contributed by atoms with van der Waals surface area (Å²) >= 11 is 0. The summed E-state index contributed by atoms with van der Waals surface area (Å²) in [6.07, 6.45) is 0. The lowest BCUT2D eigenvalue weighted by Crippen LogP contribution is -2.12. The highest BCUT2D eigenvalue weighted by atomic mass is 16.5. The topological polar surface area (TPSA) is 21.3 Å². The first-order valence-electron chi connectivity index (χ1n) is 7.08. The zero-order valence-electron chi connectivity index (χ0n) is 12.8. The predicted octanol–water partition coefficient (Wildman–Crippen LogP) is 4.41. The maximum Gasteiger partial charge on any atom is 0.125 e. The van der Waals surface area contributed by atoms with Gasteiger partial charge in [0.25, 0.3) is 0 Å². The number of nitrogens with one attached hydrogen (secondary N) is 1. The molecule has 0 spiro atoms. The van der Waals surface area contributed by atoms with Gasteiger partial charge in [0.15, 0.2) is 0 Å². The summed E-state index contributed by atoms with van der Waals surface area (Å²) in [4.78, 5) is 0. The average molecular weight is 269 g/mol. The van der Waals surface area contributed by atoms with Crippen LogP contribution < -0.4 is 10.1 Å². The van der Waals surface area contributed by atoms with Crippen LogP contribution in [0.5, 0.6) is 5.75 Å². The molecule has 0 aliphatic carbocycles. The van der Waals surface area contributed by atoms with E-state index in [4.69, 9.17) is 4.74 Å². The Labute approximate surface area is 121 Å². The molecule has 0 aliphatic heterocycles. The molecular formula is C18H23NO. The van der Waals surface area contributed by atoms with Crippen LogP contribution in [0, 0.1) is 27.7 Å². The summed E-state index contributed by atoms with van der Waals surface area (Å²) in [5.74, 6) is 1.02. The van der Waals surface area contributed by atoms with E-state index in [0.717, 1.165) is 18.0 Å². The molecule has 0 aromatic heterocycles. The molecule has 0 aliphatic rings. The molecular weight excluding hydrogens is 246 g/mol. The molecule has 20 heavy (non-hydrogen) atoms. The third-order valence-corrected chi connectivity index (χ3v) is 3.60. The van der Waals surface area contributed by atoms with Gasteiger partial charge in [-0.3, -0.25) is 0 Å². The largest absolute Gasteiger partial charge is 0.491 e. The summed E-state index contributed by atoms with van der Waals surface area (Å²) in [7, 11) is 0. The van der Waals surface area contributed by atoms with Crippen LogP contribution in [-0.4, -0.2) is 13.2 Å². The van der Waals surface area contributed by atoms with Crippen molar-refractivity contribution in [1.82, 2.24) is 0 Å². The predicted molar refractivity (Wildman–Crippen MR) is 85.8 cm³/mol. The maximum atomic E-state index is 5.93. The lowest BCUT2D eigenvalue weighted by Gasteiger charge is -2.14. The number of anilines is 1. The van der Waals surface area contributed by atoms with Gasteiger partial charge in [-0.2, -0.15) is 0 Å². The van der Waals surface area contributed by atoms with Crippen molar-refractivity contribution in [3.05, 3.63) is 58.7 Å². The van der Waals surface area contributed by atoms with Gasteiger partial charge in [0.2, 0.25) is 0 Å². The van der Waals surface area contributed by atoms with Gasteiger partial charge in [0.1, 0.15) is 12.4 Å². The summed E-state index contributed by atoms with van der Waals surface area (Å²) in [5.41, 5.74) is 6.12. The van der Waals surface area contributed by atoms with E-state index in [0.29, 0.717) is 6.61 Å². The van der Waals surface area contributed by atoms with Gasteiger partial charge < -0.3 is 10.1 Å². The van der Waals surface area contributed by atoms with Crippen molar-refractivity contribution >= 4 is 5.69 Å². The Bertz CT molecular complexity index is 573. The van der Waals surface area contributed by atoms with Gasteiger partial charge in [-0.25, -0.2) is 0 Å². The molecule has 0 unspecified atom stereocenters. The monoisotopic (exact) mass is 269 g/mol. The highest BCUT2D eigenvalue weighted by Crippen LogP contribution is 2.25. The molecule has 0 saturated carbocycles. The zero-order valence-corrected chi connectivity index (χ0v) is 12.8. The third kappa shape index (κ3) is 3.53. The quantitative estimate of drug-likeness (QED) is 0.812. The fourth-order valence-electron chi connectivity index (χ4n) is 2.17. The second-order valence-corrected chi connectivity index (χ2v) is 5.29. The molecule has 0 atom stereocenters. The summed E-state index contributed by atoms with van der Waals surface area (Å²) in [6.45, 7) is 9.89. The van der Waals surface area contributed by atoms with Gasteiger partial charge in [-0.15, -0.1) is 0 Å². The molecule has 2 aromatic rings. The van der Waals surface area contributed by atoms with Gasteiger partial charge >= 0.3 is 0 Å². The summed E-state index contributed by atoms with van der Waals surface area (Å²) in [5, 5.41) is 3.37. The number of ether oxygens (including phenoxy) is 1. The van der Waals surface area contributed by atoms with Crippen molar-refractivity contribution in [1.29, 1.82) is 0 Å². The Balaban J connectivity index is 1.87. The van der Waals surface area contributed by atoms with Crippen LogP contribution in [0.25, 0.3) is 0 Å². The number of hydrogen-bond donors (Lipinski definition) is 1. The second-order valence-electron chi connectivity index (χ2n) is 5.29. The third-order valence-electron chi connectivity index (χ3n) is 3.60. The molecule has 2 nitrogen and oxygen atoms in total. The van der Waals surface area contributed by atoms with Gasteiger partial charge in [0, 0.05) is 12.2 Å². The van der Waals surface area contributed by atoms with E-state index >= 15 is 0 Å². The Morgan fingerprint density at radius 2 is 1.50 bits per heavy atom. The van der Waals surface area contributed by atoms with E-state index in [1.807, 2.05) is 0 Å². The van der Waals surface area contributed by atoms with Crippen molar-refractivity contribution in [3.63, 3.8) is 0 Å². The van der Waals surface area contributed by atoms with Crippen LogP contribution in [0.1, 0.15) is 22.3 Å². The number of hydrogen-bond acceptors (Lipinski definition) is 2. The Hall–Kier alpha value is -1.96. The van der Waals surface area contributed by atoms with Gasteiger partial charge in [-0.1, -0.05) is 29.8 Å². The zero-order chi connectivity index (χ0) is 14.5. The fourth-order valence-corrected chi connectivity index (χ4v) is 2.17. The molecule has 0 fully saturated rings. The summed E-state index contributed by atoms with van der Waals surface area (Å²) in [6, 6.07) is 12.7. The Morgan fingerprint density at radius 1 is 0.850 bits per heavy atom. The van der Waals surface area contributed by atoms with Crippen molar-refractivity contribution in [2.24, 2.45) is 0 Å². The maximum absolute atomic E-state index is 5.93. The number of benzene rings is 2. The van der Waals surface area contributed by atoms with E-state index in [1.54, 1.807) is 0 Å². The van der Waals surface area contributed by atoms with Crippen LogP contribution in [0.3, 0.4) is 0 Å². The van der Waals surface area contributed by atoms with Crippen molar-refractivity contribution in [2.45, 2.75) is 27.7 Å². The SMILES string of the molecule is Cc1ccc(NCCOc2c(C)ccc(C)c2C)cc1. The van der Waals surface area contributed by atoms with E-state index in [2.05, 4.69) is 69.4 Å². The van der Waals surface area contributed by atoms with Crippen LogP contribution >= 0.6 is 0 Å². The van der Waals surface area contributed by atoms with Crippen LogP contribution in [-0.2, 0) is 0 Å².